The molecule has 102 valence electrons. The Labute approximate surface area is 110 Å². The number of aromatic nitrogens is 1. The van der Waals surface area contributed by atoms with Crippen LogP contribution >= 0.6 is 0 Å². The molecule has 6 heteroatoms. The fourth-order valence-corrected chi connectivity index (χ4v) is 1.68. The molecule has 19 heavy (non-hydrogen) atoms. The molecule has 0 N–H and O–H groups in total. The zero-order valence-corrected chi connectivity index (χ0v) is 10.6. The highest BCUT2D eigenvalue weighted by atomic mass is 16.6. The minimum Gasteiger partial charge on any atom is -0.472 e. The van der Waals surface area contributed by atoms with E-state index >= 15 is 0 Å². The molecule has 0 radical (unpaired) electrons. The predicted octanol–water partition coefficient (Wildman–Crippen LogP) is 0.995. The third-order valence-corrected chi connectivity index (χ3v) is 2.63. The van der Waals surface area contributed by atoms with Gasteiger partial charge in [0.25, 0.3) is 5.78 Å². The van der Waals surface area contributed by atoms with Gasteiger partial charge in [0.05, 0.1) is 19.8 Å². The standard InChI is InChI=1S/C13H15NO5/c1-2-18-13(16)12(15)9-3-4-11(14-7-9)19-10-5-6-17-8-10/h3-4,7,10H,2,5-6,8H2,1H3. The molecule has 6 nitrogen and oxygen atoms in total. The Morgan fingerprint density at radius 1 is 1.47 bits per heavy atom. The van der Waals surface area contributed by atoms with Gasteiger partial charge in [0.15, 0.2) is 0 Å². The van der Waals surface area contributed by atoms with Crippen LogP contribution in [0.2, 0.25) is 0 Å². The molecule has 2 rings (SSSR count). The highest BCUT2D eigenvalue weighted by Crippen LogP contribution is 2.15. The van der Waals surface area contributed by atoms with E-state index in [1.807, 2.05) is 0 Å². The Morgan fingerprint density at radius 2 is 2.32 bits per heavy atom. The van der Waals surface area contributed by atoms with Gasteiger partial charge < -0.3 is 14.2 Å². The molecule has 1 saturated heterocycles. The van der Waals surface area contributed by atoms with Gasteiger partial charge in [-0.1, -0.05) is 0 Å². The third-order valence-electron chi connectivity index (χ3n) is 2.63. The number of carbonyl (C=O) groups is 2. The van der Waals surface area contributed by atoms with Crippen LogP contribution in [0.4, 0.5) is 0 Å². The molecule has 1 aliphatic rings. The number of carbonyl (C=O) groups excluding carboxylic acids is 2. The van der Waals surface area contributed by atoms with Gasteiger partial charge in [-0.2, -0.15) is 0 Å². The Morgan fingerprint density at radius 3 is 2.89 bits per heavy atom. The summed E-state index contributed by atoms with van der Waals surface area (Å²) in [4.78, 5) is 26.9. The second-order valence-electron chi connectivity index (χ2n) is 4.04. The number of hydrogen-bond donors (Lipinski definition) is 0. The van der Waals surface area contributed by atoms with Crippen molar-refractivity contribution in [3.63, 3.8) is 0 Å². The topological polar surface area (TPSA) is 74.7 Å². The van der Waals surface area contributed by atoms with E-state index < -0.39 is 11.8 Å². The molecule has 1 aromatic rings. The van der Waals surface area contributed by atoms with Crippen molar-refractivity contribution >= 4 is 11.8 Å². The summed E-state index contributed by atoms with van der Waals surface area (Å²) in [5.41, 5.74) is 0.188. The van der Waals surface area contributed by atoms with E-state index in [1.54, 1.807) is 13.0 Å². The largest absolute Gasteiger partial charge is 0.472 e. The molecular weight excluding hydrogens is 250 g/mol. The number of esters is 1. The Bertz CT molecular complexity index is 451. The van der Waals surface area contributed by atoms with E-state index in [4.69, 9.17) is 9.47 Å². The Kier molecular flexibility index (Phi) is 4.46. The van der Waals surface area contributed by atoms with Crippen LogP contribution in [-0.2, 0) is 14.3 Å². The molecule has 0 amide bonds. The fraction of sp³-hybridized carbons (Fsp3) is 0.462. The van der Waals surface area contributed by atoms with Gasteiger partial charge in [0.2, 0.25) is 5.88 Å². The summed E-state index contributed by atoms with van der Waals surface area (Å²) in [5.74, 6) is -1.16. The quantitative estimate of drug-likeness (QED) is 0.449. The fourth-order valence-electron chi connectivity index (χ4n) is 1.68. The van der Waals surface area contributed by atoms with E-state index in [1.165, 1.54) is 12.3 Å². The Balaban J connectivity index is 1.97. The van der Waals surface area contributed by atoms with E-state index in [9.17, 15) is 9.59 Å². The zero-order chi connectivity index (χ0) is 13.7. The Hall–Kier alpha value is -1.95. The number of pyridine rings is 1. The number of ether oxygens (including phenoxy) is 3. The van der Waals surface area contributed by atoms with Gasteiger partial charge in [-0.15, -0.1) is 0 Å². The summed E-state index contributed by atoms with van der Waals surface area (Å²) in [6.07, 6.45) is 2.13. The lowest BCUT2D eigenvalue weighted by Gasteiger charge is -2.10. The number of Topliss-reactive ketones (excluding diaryl/α,β-unsaturated/α-hetero) is 1. The van der Waals surface area contributed by atoms with Crippen LogP contribution in [0.5, 0.6) is 5.88 Å². The van der Waals surface area contributed by atoms with Crippen molar-refractivity contribution in [3.8, 4) is 5.88 Å². The van der Waals surface area contributed by atoms with Crippen molar-refractivity contribution < 1.29 is 23.8 Å². The molecule has 2 heterocycles. The van der Waals surface area contributed by atoms with Crippen LogP contribution in [0.15, 0.2) is 18.3 Å². The second-order valence-corrected chi connectivity index (χ2v) is 4.04. The maximum absolute atomic E-state index is 11.6. The van der Waals surface area contributed by atoms with Crippen molar-refractivity contribution in [1.82, 2.24) is 4.98 Å². The molecule has 0 aromatic carbocycles. The molecule has 1 atom stereocenters. The normalized spacial score (nSPS) is 18.1. The second kappa shape index (κ2) is 6.29. The molecule has 1 aromatic heterocycles. The number of ketones is 1. The van der Waals surface area contributed by atoms with Gasteiger partial charge in [0, 0.05) is 24.2 Å². The lowest BCUT2D eigenvalue weighted by Crippen LogP contribution is -2.18. The van der Waals surface area contributed by atoms with Crippen molar-refractivity contribution in [2.45, 2.75) is 19.4 Å². The average molecular weight is 265 g/mol. The number of hydrogen-bond acceptors (Lipinski definition) is 6. The van der Waals surface area contributed by atoms with Crippen molar-refractivity contribution in [3.05, 3.63) is 23.9 Å². The maximum atomic E-state index is 11.6. The number of rotatable bonds is 5. The van der Waals surface area contributed by atoms with Crippen LogP contribution < -0.4 is 4.74 Å². The van der Waals surface area contributed by atoms with Crippen LogP contribution in [0.3, 0.4) is 0 Å². The summed E-state index contributed by atoms with van der Waals surface area (Å²) < 4.78 is 15.4. The van der Waals surface area contributed by atoms with Gasteiger partial charge in [0.1, 0.15) is 6.10 Å². The average Bonchev–Trinajstić information content (AvgIpc) is 2.92. The van der Waals surface area contributed by atoms with Crippen LogP contribution in [0, 0.1) is 0 Å². The summed E-state index contributed by atoms with van der Waals surface area (Å²) in [7, 11) is 0. The van der Waals surface area contributed by atoms with Gasteiger partial charge in [-0.25, -0.2) is 9.78 Å². The molecule has 0 aliphatic carbocycles. The zero-order valence-electron chi connectivity index (χ0n) is 10.6. The molecule has 1 unspecified atom stereocenters. The van der Waals surface area contributed by atoms with Crippen LogP contribution in [0.1, 0.15) is 23.7 Å². The highest BCUT2D eigenvalue weighted by Gasteiger charge is 2.20. The lowest BCUT2D eigenvalue weighted by atomic mass is 10.2. The number of nitrogens with zero attached hydrogens (tertiary/aromatic N) is 1. The molecule has 1 fully saturated rings. The lowest BCUT2D eigenvalue weighted by molar-refractivity contribution is -0.137. The predicted molar refractivity (Wildman–Crippen MR) is 65.1 cm³/mol. The van der Waals surface area contributed by atoms with E-state index in [0.29, 0.717) is 19.1 Å². The first kappa shape index (κ1) is 13.5. The minimum atomic E-state index is -0.873. The molecule has 0 bridgehead atoms. The van der Waals surface area contributed by atoms with Gasteiger partial charge >= 0.3 is 5.97 Å². The summed E-state index contributed by atoms with van der Waals surface area (Å²) in [5, 5.41) is 0. The first-order valence-corrected chi connectivity index (χ1v) is 6.12. The van der Waals surface area contributed by atoms with Crippen molar-refractivity contribution in [2.75, 3.05) is 19.8 Å². The van der Waals surface area contributed by atoms with Crippen molar-refractivity contribution in [1.29, 1.82) is 0 Å². The summed E-state index contributed by atoms with van der Waals surface area (Å²) in [6, 6.07) is 3.06. The first-order chi connectivity index (χ1) is 9.20. The minimum absolute atomic E-state index is 0.000826. The molecule has 0 spiro atoms. The van der Waals surface area contributed by atoms with Crippen molar-refractivity contribution in [2.24, 2.45) is 0 Å². The monoisotopic (exact) mass is 265 g/mol. The SMILES string of the molecule is CCOC(=O)C(=O)c1ccc(OC2CCOC2)nc1. The molecule has 0 saturated carbocycles. The van der Waals surface area contributed by atoms with Crippen LogP contribution in [-0.4, -0.2) is 42.7 Å². The third kappa shape index (κ3) is 3.51. The molecule has 1 aliphatic heterocycles. The van der Waals surface area contributed by atoms with Gasteiger partial charge in [-0.05, 0) is 13.0 Å². The molecular formula is C13H15NO5. The van der Waals surface area contributed by atoms with Gasteiger partial charge in [-0.3, -0.25) is 4.79 Å². The van der Waals surface area contributed by atoms with E-state index in [0.717, 1.165) is 6.42 Å². The maximum Gasteiger partial charge on any atom is 0.379 e. The van der Waals surface area contributed by atoms with E-state index in [-0.39, 0.29) is 18.3 Å². The van der Waals surface area contributed by atoms with E-state index in [2.05, 4.69) is 9.72 Å². The highest BCUT2D eigenvalue weighted by molar-refractivity contribution is 6.40. The van der Waals surface area contributed by atoms with Crippen LogP contribution in [0.25, 0.3) is 0 Å². The summed E-state index contributed by atoms with van der Waals surface area (Å²) >= 11 is 0. The first-order valence-electron chi connectivity index (χ1n) is 6.12. The smallest absolute Gasteiger partial charge is 0.379 e. The summed E-state index contributed by atoms with van der Waals surface area (Å²) in [6.45, 7) is 3.04.